The molecule has 3 N–H and O–H groups in total. The van der Waals surface area contributed by atoms with Crippen LogP contribution in [0, 0.1) is 18.3 Å². The molecular weight excluding hydrogens is 393 g/mol. The van der Waals surface area contributed by atoms with E-state index in [0.29, 0.717) is 22.0 Å². The van der Waals surface area contributed by atoms with Gasteiger partial charge in [0.05, 0.1) is 22.7 Å². The Balaban J connectivity index is 1.86. The minimum Gasteiger partial charge on any atom is -0.370 e. The Morgan fingerprint density at radius 1 is 1.20 bits per heavy atom. The van der Waals surface area contributed by atoms with Gasteiger partial charge in [-0.05, 0) is 61.1 Å². The zero-order chi connectivity index (χ0) is 21.3. The number of aromatic nitrogens is 3. The van der Waals surface area contributed by atoms with Gasteiger partial charge in [-0.2, -0.15) is 18.4 Å². The van der Waals surface area contributed by atoms with Crippen molar-refractivity contribution in [3.05, 3.63) is 64.6 Å². The summed E-state index contributed by atoms with van der Waals surface area (Å²) in [6, 6.07) is 9.62. The second kappa shape index (κ2) is 6.09. The first-order valence-electron chi connectivity index (χ1n) is 9.54. The SMILES string of the molecule is Cc1cc(C2CC2)c(C(O)(c2nc3cc(C#N)ccc3[nH]2)C(F)(F)F)c2cc[nH]c12. The summed E-state index contributed by atoms with van der Waals surface area (Å²) in [7, 11) is 0. The lowest BCUT2D eigenvalue weighted by atomic mass is 9.83. The van der Waals surface area contributed by atoms with Crippen molar-refractivity contribution in [2.24, 2.45) is 0 Å². The summed E-state index contributed by atoms with van der Waals surface area (Å²) in [5.41, 5.74) is -0.845. The molecule has 30 heavy (non-hydrogen) atoms. The first-order valence-corrected chi connectivity index (χ1v) is 9.54. The van der Waals surface area contributed by atoms with E-state index in [1.807, 2.05) is 13.0 Å². The average Bonchev–Trinajstić information content (AvgIpc) is 3.26. The highest BCUT2D eigenvalue weighted by atomic mass is 19.4. The molecule has 2 heterocycles. The molecule has 1 aliphatic carbocycles. The quantitative estimate of drug-likeness (QED) is 0.449. The molecule has 2 aromatic heterocycles. The van der Waals surface area contributed by atoms with Crippen molar-refractivity contribution in [2.75, 3.05) is 0 Å². The van der Waals surface area contributed by atoms with E-state index < -0.39 is 17.6 Å². The van der Waals surface area contributed by atoms with Crippen molar-refractivity contribution >= 4 is 21.9 Å². The summed E-state index contributed by atoms with van der Waals surface area (Å²) in [6.45, 7) is 1.84. The highest BCUT2D eigenvalue weighted by Gasteiger charge is 2.60. The first kappa shape index (κ1) is 18.7. The van der Waals surface area contributed by atoms with Crippen LogP contribution >= 0.6 is 0 Å². The molecule has 0 bridgehead atoms. The number of nitrogens with zero attached hydrogens (tertiary/aromatic N) is 2. The molecule has 0 radical (unpaired) electrons. The van der Waals surface area contributed by atoms with Gasteiger partial charge in [0.1, 0.15) is 0 Å². The third-order valence-corrected chi connectivity index (χ3v) is 5.82. The molecule has 1 aliphatic rings. The normalized spacial score (nSPS) is 16.7. The third-order valence-electron chi connectivity index (χ3n) is 5.82. The van der Waals surface area contributed by atoms with Gasteiger partial charge in [0.2, 0.25) is 5.60 Å². The van der Waals surface area contributed by atoms with E-state index in [0.717, 1.165) is 18.4 Å². The predicted molar refractivity (Wildman–Crippen MR) is 105 cm³/mol. The van der Waals surface area contributed by atoms with Crippen molar-refractivity contribution in [2.45, 2.75) is 37.5 Å². The van der Waals surface area contributed by atoms with Crippen LogP contribution in [0.5, 0.6) is 0 Å². The van der Waals surface area contributed by atoms with Crippen molar-refractivity contribution in [3.8, 4) is 6.07 Å². The molecule has 5 rings (SSSR count). The van der Waals surface area contributed by atoms with Gasteiger partial charge < -0.3 is 15.1 Å². The molecule has 1 fully saturated rings. The summed E-state index contributed by atoms with van der Waals surface area (Å²) in [6.07, 6.45) is -1.89. The number of hydrogen-bond donors (Lipinski definition) is 3. The van der Waals surface area contributed by atoms with E-state index in [1.165, 1.54) is 18.2 Å². The number of nitrogens with one attached hydrogen (secondary N) is 2. The summed E-state index contributed by atoms with van der Waals surface area (Å²) in [5.74, 6) is -0.630. The van der Waals surface area contributed by atoms with Crippen molar-refractivity contribution in [1.29, 1.82) is 5.26 Å². The number of hydrogen-bond acceptors (Lipinski definition) is 3. The monoisotopic (exact) mass is 410 g/mol. The number of alkyl halides is 3. The molecule has 0 spiro atoms. The molecule has 0 amide bonds. The van der Waals surface area contributed by atoms with Gasteiger partial charge in [-0.1, -0.05) is 6.07 Å². The van der Waals surface area contributed by atoms with E-state index in [4.69, 9.17) is 5.26 Å². The van der Waals surface area contributed by atoms with Gasteiger partial charge >= 0.3 is 6.18 Å². The second-order valence-corrected chi connectivity index (χ2v) is 7.84. The fraction of sp³-hybridized carbons (Fsp3) is 0.273. The maximum absolute atomic E-state index is 14.6. The van der Waals surface area contributed by atoms with E-state index in [-0.39, 0.29) is 22.6 Å². The van der Waals surface area contributed by atoms with Crippen LogP contribution in [0.1, 0.15) is 46.8 Å². The number of H-pyrrole nitrogens is 2. The van der Waals surface area contributed by atoms with Crippen molar-refractivity contribution in [3.63, 3.8) is 0 Å². The molecule has 8 heteroatoms. The number of benzene rings is 2. The van der Waals surface area contributed by atoms with Crippen LogP contribution < -0.4 is 0 Å². The van der Waals surface area contributed by atoms with Crippen LogP contribution in [0.4, 0.5) is 13.2 Å². The fourth-order valence-electron chi connectivity index (χ4n) is 4.20. The van der Waals surface area contributed by atoms with Gasteiger partial charge in [-0.25, -0.2) is 4.98 Å². The molecule has 5 nitrogen and oxygen atoms in total. The molecule has 4 aromatic rings. The van der Waals surface area contributed by atoms with E-state index in [1.54, 1.807) is 18.3 Å². The van der Waals surface area contributed by atoms with Gasteiger partial charge in [-0.15, -0.1) is 0 Å². The lowest BCUT2D eigenvalue weighted by Crippen LogP contribution is -2.45. The minimum absolute atomic E-state index is 0.0264. The molecule has 2 aromatic carbocycles. The number of rotatable bonds is 3. The number of aryl methyl sites for hydroxylation is 1. The maximum Gasteiger partial charge on any atom is 0.428 e. The Hall–Kier alpha value is -3.31. The number of nitriles is 1. The topological polar surface area (TPSA) is 88.5 Å². The Labute approximate surface area is 169 Å². The van der Waals surface area contributed by atoms with Crippen LogP contribution in [0.15, 0.2) is 36.5 Å². The van der Waals surface area contributed by atoms with Crippen LogP contribution in [-0.4, -0.2) is 26.2 Å². The number of aromatic amines is 2. The Morgan fingerprint density at radius 3 is 2.63 bits per heavy atom. The lowest BCUT2D eigenvalue weighted by Gasteiger charge is -2.32. The molecule has 1 atom stereocenters. The molecular formula is C22H17F3N4O. The zero-order valence-electron chi connectivity index (χ0n) is 15.9. The predicted octanol–water partition coefficient (Wildman–Crippen LogP) is 4.90. The number of halogens is 3. The van der Waals surface area contributed by atoms with E-state index >= 15 is 0 Å². The average molecular weight is 410 g/mol. The summed E-state index contributed by atoms with van der Waals surface area (Å²) in [5, 5.41) is 20.8. The maximum atomic E-state index is 14.6. The molecule has 152 valence electrons. The van der Waals surface area contributed by atoms with E-state index in [2.05, 4.69) is 15.0 Å². The highest BCUT2D eigenvalue weighted by molar-refractivity contribution is 5.89. The van der Waals surface area contributed by atoms with E-state index in [9.17, 15) is 18.3 Å². The smallest absolute Gasteiger partial charge is 0.370 e. The van der Waals surface area contributed by atoms with Gasteiger partial charge in [0, 0.05) is 22.7 Å². The Morgan fingerprint density at radius 2 is 1.97 bits per heavy atom. The fourth-order valence-corrected chi connectivity index (χ4v) is 4.20. The standard InChI is InChI=1S/C22H17F3N4O/c1-11-8-15(13-3-4-13)18(14-6-7-27-19(11)14)21(30,22(23,24)25)20-28-16-5-2-12(10-26)9-17(16)29-20/h2,5-9,13,27,30H,3-4H2,1H3,(H,28,29). The summed E-state index contributed by atoms with van der Waals surface area (Å²) < 4.78 is 43.7. The second-order valence-electron chi connectivity index (χ2n) is 7.84. The lowest BCUT2D eigenvalue weighted by molar-refractivity contribution is -0.250. The third kappa shape index (κ3) is 2.55. The molecule has 0 saturated heterocycles. The Kier molecular flexibility index (Phi) is 3.80. The van der Waals surface area contributed by atoms with Crippen LogP contribution in [0.25, 0.3) is 21.9 Å². The van der Waals surface area contributed by atoms with Crippen LogP contribution in [-0.2, 0) is 5.60 Å². The highest BCUT2D eigenvalue weighted by Crippen LogP contribution is 2.52. The van der Waals surface area contributed by atoms with Gasteiger partial charge in [0.15, 0.2) is 5.82 Å². The van der Waals surface area contributed by atoms with Gasteiger partial charge in [0.25, 0.3) is 0 Å². The summed E-state index contributed by atoms with van der Waals surface area (Å²) in [4.78, 5) is 9.72. The van der Waals surface area contributed by atoms with Crippen LogP contribution in [0.2, 0.25) is 0 Å². The van der Waals surface area contributed by atoms with Gasteiger partial charge in [-0.3, -0.25) is 0 Å². The van der Waals surface area contributed by atoms with Crippen molar-refractivity contribution < 1.29 is 18.3 Å². The summed E-state index contributed by atoms with van der Waals surface area (Å²) >= 11 is 0. The zero-order valence-corrected chi connectivity index (χ0v) is 15.9. The molecule has 1 unspecified atom stereocenters. The largest absolute Gasteiger partial charge is 0.428 e. The number of fused-ring (bicyclic) bond motifs is 2. The first-order chi connectivity index (χ1) is 14.2. The van der Waals surface area contributed by atoms with Crippen molar-refractivity contribution in [1.82, 2.24) is 15.0 Å². The number of imidazole rings is 1. The number of aliphatic hydroxyl groups is 1. The van der Waals surface area contributed by atoms with Crippen LogP contribution in [0.3, 0.4) is 0 Å². The molecule has 0 aliphatic heterocycles. The molecule has 1 saturated carbocycles. The Bertz CT molecular complexity index is 1340. The minimum atomic E-state index is -5.03.